The third-order valence-electron chi connectivity index (χ3n) is 2.95. The fourth-order valence-electron chi connectivity index (χ4n) is 2.03. The van der Waals surface area contributed by atoms with Crippen molar-refractivity contribution in [3.8, 4) is 0 Å². The molecule has 5 nitrogen and oxygen atoms in total. The van der Waals surface area contributed by atoms with E-state index in [0.717, 1.165) is 42.1 Å². The molecule has 2 heterocycles. The van der Waals surface area contributed by atoms with Crippen LogP contribution in [0, 0.1) is 0 Å². The van der Waals surface area contributed by atoms with E-state index in [4.69, 9.17) is 4.42 Å². The minimum absolute atomic E-state index is 0.724. The first-order chi connectivity index (χ1) is 9.31. The van der Waals surface area contributed by atoms with Crippen molar-refractivity contribution in [2.24, 2.45) is 7.05 Å². The van der Waals surface area contributed by atoms with Crippen molar-refractivity contribution in [1.29, 1.82) is 0 Å². The summed E-state index contributed by atoms with van der Waals surface area (Å²) in [5.74, 6) is 1.81. The van der Waals surface area contributed by atoms with Gasteiger partial charge in [-0.05, 0) is 12.1 Å². The van der Waals surface area contributed by atoms with Gasteiger partial charge in [-0.1, -0.05) is 18.2 Å². The number of hydrogen-bond acceptors (Lipinski definition) is 4. The zero-order valence-corrected chi connectivity index (χ0v) is 10.8. The second-order valence-corrected chi connectivity index (χ2v) is 4.51. The molecule has 0 unspecified atom stereocenters. The van der Waals surface area contributed by atoms with E-state index in [-0.39, 0.29) is 0 Å². The van der Waals surface area contributed by atoms with Crippen LogP contribution in [-0.4, -0.2) is 21.3 Å². The first-order valence-corrected chi connectivity index (χ1v) is 6.34. The van der Waals surface area contributed by atoms with Gasteiger partial charge in [0.25, 0.3) is 0 Å². The van der Waals surface area contributed by atoms with Gasteiger partial charge in [-0.2, -0.15) is 5.10 Å². The van der Waals surface area contributed by atoms with E-state index in [1.165, 1.54) is 0 Å². The van der Waals surface area contributed by atoms with E-state index >= 15 is 0 Å². The van der Waals surface area contributed by atoms with Gasteiger partial charge in [-0.25, -0.2) is 4.98 Å². The number of fused-ring (bicyclic) bond motifs is 1. The van der Waals surface area contributed by atoms with Gasteiger partial charge >= 0.3 is 0 Å². The number of furan rings is 1. The van der Waals surface area contributed by atoms with Gasteiger partial charge in [-0.3, -0.25) is 4.68 Å². The average molecular weight is 256 g/mol. The van der Waals surface area contributed by atoms with Gasteiger partial charge in [0, 0.05) is 25.4 Å². The number of para-hydroxylation sites is 1. The van der Waals surface area contributed by atoms with Gasteiger partial charge in [0.1, 0.15) is 17.7 Å². The Morgan fingerprint density at radius 3 is 3.00 bits per heavy atom. The van der Waals surface area contributed by atoms with Crippen LogP contribution in [0.1, 0.15) is 11.6 Å². The summed E-state index contributed by atoms with van der Waals surface area (Å²) in [4.78, 5) is 4.18. The molecular formula is C14H16N4O. The number of nitrogens with zero attached hydrogens (tertiary/aromatic N) is 3. The summed E-state index contributed by atoms with van der Waals surface area (Å²) in [6, 6.07) is 10.1. The van der Waals surface area contributed by atoms with Gasteiger partial charge in [0.2, 0.25) is 0 Å². The zero-order chi connectivity index (χ0) is 13.1. The predicted molar refractivity (Wildman–Crippen MR) is 72.6 cm³/mol. The molecule has 0 bridgehead atoms. The quantitative estimate of drug-likeness (QED) is 0.708. The third kappa shape index (κ3) is 2.82. The molecule has 0 aliphatic rings. The third-order valence-corrected chi connectivity index (χ3v) is 2.95. The summed E-state index contributed by atoms with van der Waals surface area (Å²) in [5, 5.41) is 8.71. The summed E-state index contributed by atoms with van der Waals surface area (Å²) in [5.41, 5.74) is 0.936. The van der Waals surface area contributed by atoms with E-state index < -0.39 is 0 Å². The van der Waals surface area contributed by atoms with Crippen molar-refractivity contribution in [1.82, 2.24) is 20.1 Å². The lowest BCUT2D eigenvalue weighted by molar-refractivity contribution is 0.513. The average Bonchev–Trinajstić information content (AvgIpc) is 3.00. The molecule has 0 spiro atoms. The van der Waals surface area contributed by atoms with Gasteiger partial charge in [-0.15, -0.1) is 0 Å². The molecule has 0 fully saturated rings. The first kappa shape index (κ1) is 11.9. The van der Waals surface area contributed by atoms with Crippen LogP contribution >= 0.6 is 0 Å². The van der Waals surface area contributed by atoms with Crippen LogP contribution < -0.4 is 5.32 Å². The molecule has 3 rings (SSSR count). The zero-order valence-electron chi connectivity index (χ0n) is 10.8. The molecule has 0 aliphatic carbocycles. The molecule has 2 aromatic heterocycles. The van der Waals surface area contributed by atoms with E-state index in [9.17, 15) is 0 Å². The lowest BCUT2D eigenvalue weighted by Gasteiger charge is -1.99. The predicted octanol–water partition coefficient (Wildman–Crippen LogP) is 1.89. The standard InChI is InChI=1S/C14H16N4O/c1-18-10-16-14(17-18)6-7-15-9-12-8-11-4-2-3-5-13(11)19-12/h2-5,8,10,15H,6-7,9H2,1H3. The summed E-state index contributed by atoms with van der Waals surface area (Å²) in [6.07, 6.45) is 2.54. The summed E-state index contributed by atoms with van der Waals surface area (Å²) >= 11 is 0. The van der Waals surface area contributed by atoms with Gasteiger partial charge in [0.15, 0.2) is 5.82 Å². The van der Waals surface area contributed by atoms with Crippen molar-refractivity contribution in [2.75, 3.05) is 6.54 Å². The summed E-state index contributed by atoms with van der Waals surface area (Å²) in [7, 11) is 1.87. The lowest BCUT2D eigenvalue weighted by Crippen LogP contribution is -2.16. The Labute approximate surface area is 111 Å². The molecule has 1 aromatic carbocycles. The molecule has 0 atom stereocenters. The molecule has 1 N–H and O–H groups in total. The highest BCUT2D eigenvalue weighted by Crippen LogP contribution is 2.18. The molecule has 3 aromatic rings. The van der Waals surface area contributed by atoms with E-state index in [1.807, 2.05) is 25.2 Å². The molecular weight excluding hydrogens is 240 g/mol. The number of benzene rings is 1. The van der Waals surface area contributed by atoms with Crippen LogP contribution in [0.5, 0.6) is 0 Å². The molecule has 5 heteroatoms. The topological polar surface area (TPSA) is 55.9 Å². The fourth-order valence-corrected chi connectivity index (χ4v) is 2.03. The van der Waals surface area contributed by atoms with Crippen LogP contribution in [-0.2, 0) is 20.0 Å². The highest BCUT2D eigenvalue weighted by molar-refractivity contribution is 5.77. The Bertz CT molecular complexity index is 638. The maximum atomic E-state index is 5.73. The number of aromatic nitrogens is 3. The minimum Gasteiger partial charge on any atom is -0.460 e. The summed E-state index contributed by atoms with van der Waals surface area (Å²) in [6.45, 7) is 1.56. The number of rotatable bonds is 5. The molecule has 0 aliphatic heterocycles. The Balaban J connectivity index is 1.52. The lowest BCUT2D eigenvalue weighted by atomic mass is 10.2. The maximum Gasteiger partial charge on any atom is 0.151 e. The molecule has 19 heavy (non-hydrogen) atoms. The van der Waals surface area contributed by atoms with Crippen molar-refractivity contribution < 1.29 is 4.42 Å². The van der Waals surface area contributed by atoms with Crippen LogP contribution in [0.2, 0.25) is 0 Å². The normalized spacial score (nSPS) is 11.2. The Morgan fingerprint density at radius 2 is 2.21 bits per heavy atom. The van der Waals surface area contributed by atoms with Crippen molar-refractivity contribution in [2.45, 2.75) is 13.0 Å². The van der Waals surface area contributed by atoms with E-state index in [2.05, 4.69) is 27.5 Å². The fraction of sp³-hybridized carbons (Fsp3) is 0.286. The Hall–Kier alpha value is -2.14. The highest BCUT2D eigenvalue weighted by atomic mass is 16.3. The second kappa shape index (κ2) is 5.24. The summed E-state index contributed by atoms with van der Waals surface area (Å²) < 4.78 is 7.44. The smallest absolute Gasteiger partial charge is 0.151 e. The van der Waals surface area contributed by atoms with Crippen LogP contribution in [0.15, 0.2) is 41.1 Å². The van der Waals surface area contributed by atoms with Gasteiger partial charge < -0.3 is 9.73 Å². The molecule has 0 radical (unpaired) electrons. The number of nitrogens with one attached hydrogen (secondary N) is 1. The molecule has 0 amide bonds. The van der Waals surface area contributed by atoms with Crippen molar-refractivity contribution in [3.05, 3.63) is 48.2 Å². The van der Waals surface area contributed by atoms with Crippen molar-refractivity contribution >= 4 is 11.0 Å². The van der Waals surface area contributed by atoms with Crippen LogP contribution in [0.25, 0.3) is 11.0 Å². The number of aryl methyl sites for hydroxylation is 1. The van der Waals surface area contributed by atoms with E-state index in [0.29, 0.717) is 0 Å². The van der Waals surface area contributed by atoms with Crippen LogP contribution in [0.4, 0.5) is 0 Å². The largest absolute Gasteiger partial charge is 0.460 e. The minimum atomic E-state index is 0.724. The SMILES string of the molecule is Cn1cnc(CCNCc2cc3ccccc3o2)n1. The Kier molecular flexibility index (Phi) is 3.29. The first-order valence-electron chi connectivity index (χ1n) is 6.34. The highest BCUT2D eigenvalue weighted by Gasteiger charge is 2.03. The second-order valence-electron chi connectivity index (χ2n) is 4.51. The van der Waals surface area contributed by atoms with E-state index in [1.54, 1.807) is 11.0 Å². The monoisotopic (exact) mass is 256 g/mol. The van der Waals surface area contributed by atoms with Crippen LogP contribution in [0.3, 0.4) is 0 Å². The maximum absolute atomic E-state index is 5.73. The Morgan fingerprint density at radius 1 is 1.32 bits per heavy atom. The molecule has 0 saturated carbocycles. The molecule has 98 valence electrons. The number of hydrogen-bond donors (Lipinski definition) is 1. The van der Waals surface area contributed by atoms with Crippen molar-refractivity contribution in [3.63, 3.8) is 0 Å². The van der Waals surface area contributed by atoms with Gasteiger partial charge in [0.05, 0.1) is 6.54 Å². The molecule has 0 saturated heterocycles.